The van der Waals surface area contributed by atoms with Crippen molar-refractivity contribution >= 4 is 16.5 Å². The predicted octanol–water partition coefficient (Wildman–Crippen LogP) is 3.59. The molecule has 0 bridgehead atoms. The number of aryl methyl sites for hydroxylation is 1. The number of nitrogens with one attached hydrogen (secondary N) is 1. The zero-order valence-corrected chi connectivity index (χ0v) is 13.3. The number of hydrogen-bond donors (Lipinski definition) is 1. The fourth-order valence-corrected chi connectivity index (χ4v) is 2.94. The highest BCUT2D eigenvalue weighted by Crippen LogP contribution is 2.23. The molecule has 0 saturated heterocycles. The number of anilines is 1. The summed E-state index contributed by atoms with van der Waals surface area (Å²) >= 11 is 1.77. The van der Waals surface area contributed by atoms with Gasteiger partial charge in [-0.2, -0.15) is 0 Å². The van der Waals surface area contributed by atoms with Crippen LogP contribution in [0.25, 0.3) is 0 Å². The lowest BCUT2D eigenvalue weighted by Gasteiger charge is -2.15. The van der Waals surface area contributed by atoms with Crippen LogP contribution in [0, 0.1) is 6.92 Å². The van der Waals surface area contributed by atoms with Gasteiger partial charge in [0.1, 0.15) is 0 Å². The van der Waals surface area contributed by atoms with Crippen LogP contribution in [-0.2, 0) is 13.1 Å². The van der Waals surface area contributed by atoms with Gasteiger partial charge in [-0.05, 0) is 25.5 Å². The third kappa shape index (κ3) is 4.32. The quantitative estimate of drug-likeness (QED) is 0.790. The molecule has 20 heavy (non-hydrogen) atoms. The van der Waals surface area contributed by atoms with Crippen molar-refractivity contribution in [2.45, 2.75) is 33.4 Å². The van der Waals surface area contributed by atoms with Crippen molar-refractivity contribution in [3.8, 4) is 0 Å². The first-order valence-electron chi connectivity index (χ1n) is 7.11. The maximum Gasteiger partial charge on any atom is 0.185 e. The summed E-state index contributed by atoms with van der Waals surface area (Å²) in [6.45, 7) is 7.19. The average molecular weight is 289 g/mol. The van der Waals surface area contributed by atoms with Gasteiger partial charge in [-0.3, -0.25) is 0 Å². The van der Waals surface area contributed by atoms with E-state index in [-0.39, 0.29) is 0 Å². The highest BCUT2D eigenvalue weighted by molar-refractivity contribution is 7.15. The van der Waals surface area contributed by atoms with Crippen molar-refractivity contribution in [2.75, 3.05) is 18.5 Å². The van der Waals surface area contributed by atoms with Crippen LogP contribution in [0.1, 0.15) is 29.3 Å². The van der Waals surface area contributed by atoms with E-state index in [9.17, 15) is 0 Å². The summed E-state index contributed by atoms with van der Waals surface area (Å²) in [5.74, 6) is 0. The summed E-state index contributed by atoms with van der Waals surface area (Å²) in [6, 6.07) is 8.64. The Balaban J connectivity index is 1.93. The van der Waals surface area contributed by atoms with Crippen LogP contribution < -0.4 is 10.2 Å². The lowest BCUT2D eigenvalue weighted by Crippen LogP contribution is -2.16. The highest BCUT2D eigenvalue weighted by Gasteiger charge is 2.07. The summed E-state index contributed by atoms with van der Waals surface area (Å²) in [4.78, 5) is 8.02. The Kier molecular flexibility index (Phi) is 5.56. The summed E-state index contributed by atoms with van der Waals surface area (Å²) in [7, 11) is 2.10. The maximum atomic E-state index is 4.52. The van der Waals surface area contributed by atoms with Crippen molar-refractivity contribution in [3.63, 3.8) is 0 Å². The lowest BCUT2D eigenvalue weighted by atomic mass is 10.1. The van der Waals surface area contributed by atoms with Gasteiger partial charge < -0.3 is 10.2 Å². The van der Waals surface area contributed by atoms with Gasteiger partial charge in [0.25, 0.3) is 0 Å². The van der Waals surface area contributed by atoms with Crippen molar-refractivity contribution < 1.29 is 0 Å². The molecule has 4 heteroatoms. The fourth-order valence-electron chi connectivity index (χ4n) is 2.10. The van der Waals surface area contributed by atoms with Gasteiger partial charge in [-0.1, -0.05) is 36.8 Å². The summed E-state index contributed by atoms with van der Waals surface area (Å²) in [5.41, 5.74) is 2.63. The fraction of sp³-hybridized carbons (Fsp3) is 0.438. The molecule has 0 aliphatic heterocycles. The number of benzene rings is 1. The van der Waals surface area contributed by atoms with E-state index < -0.39 is 0 Å². The van der Waals surface area contributed by atoms with Crippen LogP contribution in [0.5, 0.6) is 0 Å². The molecule has 2 aromatic rings. The first-order chi connectivity index (χ1) is 9.69. The van der Waals surface area contributed by atoms with E-state index in [1.165, 1.54) is 22.4 Å². The van der Waals surface area contributed by atoms with E-state index in [0.717, 1.165) is 24.8 Å². The second-order valence-corrected chi connectivity index (χ2v) is 6.22. The lowest BCUT2D eigenvalue weighted by molar-refractivity contribution is 0.681. The van der Waals surface area contributed by atoms with Gasteiger partial charge in [0.15, 0.2) is 5.13 Å². The van der Waals surface area contributed by atoms with Crippen molar-refractivity contribution in [1.29, 1.82) is 0 Å². The molecule has 108 valence electrons. The van der Waals surface area contributed by atoms with Gasteiger partial charge in [-0.15, -0.1) is 11.3 Å². The number of rotatable bonds is 7. The molecule has 1 aromatic heterocycles. The van der Waals surface area contributed by atoms with E-state index >= 15 is 0 Å². The first kappa shape index (κ1) is 15.0. The Labute approximate surface area is 125 Å². The second kappa shape index (κ2) is 7.41. The number of hydrogen-bond acceptors (Lipinski definition) is 4. The summed E-state index contributed by atoms with van der Waals surface area (Å²) < 4.78 is 0. The first-order valence-corrected chi connectivity index (χ1v) is 7.92. The normalized spacial score (nSPS) is 10.8. The van der Waals surface area contributed by atoms with Gasteiger partial charge in [-0.25, -0.2) is 4.98 Å². The largest absolute Gasteiger partial charge is 0.347 e. The maximum absolute atomic E-state index is 4.52. The van der Waals surface area contributed by atoms with Crippen LogP contribution in [0.2, 0.25) is 0 Å². The average Bonchev–Trinajstić information content (AvgIpc) is 2.88. The van der Waals surface area contributed by atoms with E-state index in [1.54, 1.807) is 11.3 Å². The van der Waals surface area contributed by atoms with E-state index in [2.05, 4.69) is 60.4 Å². The van der Waals surface area contributed by atoms with Crippen LogP contribution in [0.4, 0.5) is 5.13 Å². The SMILES string of the molecule is CCCNCc1cnc(N(C)Cc2cccc(C)c2)s1. The third-order valence-electron chi connectivity index (χ3n) is 3.10. The predicted molar refractivity (Wildman–Crippen MR) is 87.4 cm³/mol. The molecule has 1 N–H and O–H groups in total. The molecule has 0 spiro atoms. The molecule has 0 fully saturated rings. The number of nitrogens with zero attached hydrogens (tertiary/aromatic N) is 2. The Bertz CT molecular complexity index is 536. The molecule has 0 amide bonds. The molecule has 0 saturated carbocycles. The number of thiazole rings is 1. The van der Waals surface area contributed by atoms with E-state index in [0.29, 0.717) is 0 Å². The van der Waals surface area contributed by atoms with Crippen LogP contribution in [0.15, 0.2) is 30.5 Å². The monoisotopic (exact) mass is 289 g/mol. The van der Waals surface area contributed by atoms with Gasteiger partial charge in [0.05, 0.1) is 0 Å². The topological polar surface area (TPSA) is 28.2 Å². The van der Waals surface area contributed by atoms with Gasteiger partial charge >= 0.3 is 0 Å². The zero-order chi connectivity index (χ0) is 14.4. The van der Waals surface area contributed by atoms with Gasteiger partial charge in [0.2, 0.25) is 0 Å². The Hall–Kier alpha value is -1.39. The van der Waals surface area contributed by atoms with Crippen molar-refractivity contribution in [2.24, 2.45) is 0 Å². The second-order valence-electron chi connectivity index (χ2n) is 5.13. The Morgan fingerprint density at radius 3 is 2.95 bits per heavy atom. The van der Waals surface area contributed by atoms with E-state index in [4.69, 9.17) is 0 Å². The van der Waals surface area contributed by atoms with Crippen LogP contribution in [0.3, 0.4) is 0 Å². The van der Waals surface area contributed by atoms with Crippen molar-refractivity contribution in [1.82, 2.24) is 10.3 Å². The molecule has 0 aliphatic carbocycles. The number of aromatic nitrogens is 1. The highest BCUT2D eigenvalue weighted by atomic mass is 32.1. The molecular formula is C16H23N3S. The molecular weight excluding hydrogens is 266 g/mol. The molecule has 2 rings (SSSR count). The smallest absolute Gasteiger partial charge is 0.185 e. The molecule has 0 unspecified atom stereocenters. The molecule has 0 radical (unpaired) electrons. The molecule has 0 aliphatic rings. The Morgan fingerprint density at radius 1 is 1.35 bits per heavy atom. The third-order valence-corrected chi connectivity index (χ3v) is 4.21. The minimum absolute atomic E-state index is 0.900. The zero-order valence-electron chi connectivity index (χ0n) is 12.5. The van der Waals surface area contributed by atoms with Crippen molar-refractivity contribution in [3.05, 3.63) is 46.5 Å². The van der Waals surface area contributed by atoms with Gasteiger partial charge in [0, 0.05) is 31.2 Å². The summed E-state index contributed by atoms with van der Waals surface area (Å²) in [5, 5.41) is 4.50. The van der Waals surface area contributed by atoms with Crippen LogP contribution in [-0.4, -0.2) is 18.6 Å². The molecule has 1 aromatic carbocycles. The molecule has 1 heterocycles. The Morgan fingerprint density at radius 2 is 2.20 bits per heavy atom. The minimum atomic E-state index is 0.900. The van der Waals surface area contributed by atoms with E-state index in [1.807, 2.05) is 6.20 Å². The minimum Gasteiger partial charge on any atom is -0.347 e. The van der Waals surface area contributed by atoms with Crippen LogP contribution >= 0.6 is 11.3 Å². The standard InChI is InChI=1S/C16H23N3S/c1-4-8-17-10-15-11-18-16(20-15)19(3)12-14-7-5-6-13(2)9-14/h5-7,9,11,17H,4,8,10,12H2,1-3H3. The summed E-state index contributed by atoms with van der Waals surface area (Å²) in [6.07, 6.45) is 3.15. The molecule has 3 nitrogen and oxygen atoms in total. The molecule has 0 atom stereocenters.